The zero-order chi connectivity index (χ0) is 20.1. The number of hydrogen-bond acceptors (Lipinski definition) is 4. The van der Waals surface area contributed by atoms with Crippen LogP contribution in [0.2, 0.25) is 0 Å². The quantitative estimate of drug-likeness (QED) is 0.804. The predicted octanol–water partition coefficient (Wildman–Crippen LogP) is 2.28. The summed E-state index contributed by atoms with van der Waals surface area (Å²) in [6.07, 6.45) is 1.48. The third-order valence-electron chi connectivity index (χ3n) is 4.41. The van der Waals surface area contributed by atoms with E-state index in [-0.39, 0.29) is 35.2 Å². The van der Waals surface area contributed by atoms with Crippen molar-refractivity contribution in [2.45, 2.75) is 39.3 Å². The van der Waals surface area contributed by atoms with Crippen molar-refractivity contribution in [3.8, 4) is 0 Å². The van der Waals surface area contributed by atoms with Crippen LogP contribution in [0, 0.1) is 0 Å². The standard InChI is InChI=1S/C21H24N4O3/c1-14(2)23-21(28)18-6-3-5-17(24-18)20(27)22-13-15-8-10-16(11-9-15)25-12-4-7-19(25)26/h3,5-6,8-11,14H,4,7,12-13H2,1-2H3,(H,22,27)(H,23,28). The topological polar surface area (TPSA) is 91.4 Å². The lowest BCUT2D eigenvalue weighted by Crippen LogP contribution is -2.31. The number of aromatic nitrogens is 1. The predicted molar refractivity (Wildman–Crippen MR) is 106 cm³/mol. The second-order valence-electron chi connectivity index (χ2n) is 7.03. The molecule has 2 aromatic rings. The zero-order valence-corrected chi connectivity index (χ0v) is 16.1. The van der Waals surface area contributed by atoms with Gasteiger partial charge in [0.25, 0.3) is 11.8 Å². The molecule has 0 bridgehead atoms. The van der Waals surface area contributed by atoms with Crippen LogP contribution in [0.1, 0.15) is 53.2 Å². The van der Waals surface area contributed by atoms with Gasteiger partial charge in [-0.25, -0.2) is 4.98 Å². The highest BCUT2D eigenvalue weighted by Gasteiger charge is 2.21. The maximum atomic E-state index is 12.4. The van der Waals surface area contributed by atoms with Gasteiger partial charge in [0.05, 0.1) is 0 Å². The molecule has 1 aromatic heterocycles. The van der Waals surface area contributed by atoms with Crippen molar-refractivity contribution in [2.24, 2.45) is 0 Å². The monoisotopic (exact) mass is 380 g/mol. The number of nitrogens with one attached hydrogen (secondary N) is 2. The van der Waals surface area contributed by atoms with Gasteiger partial charge in [0.2, 0.25) is 5.91 Å². The van der Waals surface area contributed by atoms with Crippen LogP contribution in [-0.4, -0.2) is 35.3 Å². The molecule has 0 atom stereocenters. The molecule has 3 rings (SSSR count). The minimum Gasteiger partial charge on any atom is -0.349 e. The molecule has 3 amide bonds. The number of pyridine rings is 1. The summed E-state index contributed by atoms with van der Waals surface area (Å²) >= 11 is 0. The number of carbonyl (C=O) groups excluding carboxylic acids is 3. The van der Waals surface area contributed by atoms with E-state index in [2.05, 4.69) is 15.6 Å². The van der Waals surface area contributed by atoms with Gasteiger partial charge in [0, 0.05) is 31.2 Å². The van der Waals surface area contributed by atoms with E-state index >= 15 is 0 Å². The summed E-state index contributed by atoms with van der Waals surface area (Å²) in [7, 11) is 0. The number of amides is 3. The SMILES string of the molecule is CC(C)NC(=O)c1cccc(C(=O)NCc2ccc(N3CCCC3=O)cc2)n1. The number of anilines is 1. The molecular formula is C21H24N4O3. The third kappa shape index (κ3) is 4.73. The van der Waals surface area contributed by atoms with Crippen molar-refractivity contribution in [3.05, 3.63) is 59.4 Å². The van der Waals surface area contributed by atoms with E-state index in [9.17, 15) is 14.4 Å². The van der Waals surface area contributed by atoms with Crippen molar-refractivity contribution in [1.29, 1.82) is 0 Å². The summed E-state index contributed by atoms with van der Waals surface area (Å²) in [5, 5.41) is 5.56. The van der Waals surface area contributed by atoms with Gasteiger partial charge in [-0.3, -0.25) is 14.4 Å². The van der Waals surface area contributed by atoms with Gasteiger partial charge < -0.3 is 15.5 Å². The van der Waals surface area contributed by atoms with Gasteiger partial charge in [-0.15, -0.1) is 0 Å². The first-order valence-electron chi connectivity index (χ1n) is 9.39. The Bertz CT molecular complexity index is 877. The van der Waals surface area contributed by atoms with Gasteiger partial charge in [0.15, 0.2) is 0 Å². The van der Waals surface area contributed by atoms with Gasteiger partial charge in [-0.2, -0.15) is 0 Å². The van der Waals surface area contributed by atoms with Gasteiger partial charge in [-0.1, -0.05) is 18.2 Å². The molecule has 0 aliphatic carbocycles. The van der Waals surface area contributed by atoms with Crippen LogP contribution in [0.15, 0.2) is 42.5 Å². The third-order valence-corrected chi connectivity index (χ3v) is 4.41. The highest BCUT2D eigenvalue weighted by molar-refractivity contribution is 5.96. The molecule has 1 aromatic carbocycles. The Morgan fingerprint density at radius 3 is 2.36 bits per heavy atom. The lowest BCUT2D eigenvalue weighted by molar-refractivity contribution is -0.117. The first kappa shape index (κ1) is 19.5. The molecule has 0 unspecified atom stereocenters. The first-order valence-corrected chi connectivity index (χ1v) is 9.39. The Labute approximate surface area is 164 Å². The minimum atomic E-state index is -0.349. The first-order chi connectivity index (χ1) is 13.4. The number of carbonyl (C=O) groups is 3. The molecule has 1 aliphatic rings. The summed E-state index contributed by atoms with van der Waals surface area (Å²) in [5.41, 5.74) is 2.19. The Kier molecular flexibility index (Phi) is 6.03. The maximum Gasteiger partial charge on any atom is 0.270 e. The van der Waals surface area contributed by atoms with Crippen LogP contribution in [0.4, 0.5) is 5.69 Å². The minimum absolute atomic E-state index is 0.00870. The molecule has 1 aliphatic heterocycles. The van der Waals surface area contributed by atoms with E-state index in [1.54, 1.807) is 23.1 Å². The van der Waals surface area contributed by atoms with Gasteiger partial charge in [-0.05, 0) is 50.1 Å². The van der Waals surface area contributed by atoms with Crippen LogP contribution in [-0.2, 0) is 11.3 Å². The Morgan fingerprint density at radius 1 is 1.07 bits per heavy atom. The zero-order valence-electron chi connectivity index (χ0n) is 16.1. The molecule has 28 heavy (non-hydrogen) atoms. The van der Waals surface area contributed by atoms with Crippen molar-refractivity contribution < 1.29 is 14.4 Å². The molecule has 2 heterocycles. The fraction of sp³-hybridized carbons (Fsp3) is 0.333. The average molecular weight is 380 g/mol. The fourth-order valence-electron chi connectivity index (χ4n) is 3.01. The summed E-state index contributed by atoms with van der Waals surface area (Å²) < 4.78 is 0. The summed E-state index contributed by atoms with van der Waals surface area (Å²) in [5.74, 6) is -0.511. The second kappa shape index (κ2) is 8.65. The van der Waals surface area contributed by atoms with E-state index in [1.165, 1.54) is 0 Å². The van der Waals surface area contributed by atoms with E-state index in [1.807, 2.05) is 38.1 Å². The summed E-state index contributed by atoms with van der Waals surface area (Å²) in [4.78, 5) is 42.1. The van der Waals surface area contributed by atoms with Crippen LogP contribution >= 0.6 is 0 Å². The number of rotatable bonds is 6. The van der Waals surface area contributed by atoms with Crippen LogP contribution < -0.4 is 15.5 Å². The van der Waals surface area contributed by atoms with E-state index in [4.69, 9.17) is 0 Å². The number of benzene rings is 1. The summed E-state index contributed by atoms with van der Waals surface area (Å²) in [6, 6.07) is 12.3. The molecule has 1 saturated heterocycles. The van der Waals surface area contributed by atoms with E-state index < -0.39 is 0 Å². The molecule has 2 N–H and O–H groups in total. The van der Waals surface area contributed by atoms with Crippen molar-refractivity contribution in [2.75, 3.05) is 11.4 Å². The average Bonchev–Trinajstić information content (AvgIpc) is 3.12. The van der Waals surface area contributed by atoms with Crippen LogP contribution in [0.5, 0.6) is 0 Å². The summed E-state index contributed by atoms with van der Waals surface area (Å²) in [6.45, 7) is 4.80. The lowest BCUT2D eigenvalue weighted by atomic mass is 10.2. The van der Waals surface area contributed by atoms with Crippen LogP contribution in [0.25, 0.3) is 0 Å². The molecule has 7 heteroatoms. The van der Waals surface area contributed by atoms with E-state index in [0.717, 1.165) is 24.2 Å². The van der Waals surface area contributed by atoms with Gasteiger partial charge >= 0.3 is 0 Å². The smallest absolute Gasteiger partial charge is 0.270 e. The van der Waals surface area contributed by atoms with Crippen LogP contribution in [0.3, 0.4) is 0 Å². The Balaban J connectivity index is 1.59. The number of nitrogens with zero attached hydrogens (tertiary/aromatic N) is 2. The van der Waals surface area contributed by atoms with Crippen molar-refractivity contribution >= 4 is 23.4 Å². The molecule has 0 radical (unpaired) electrons. The van der Waals surface area contributed by atoms with Gasteiger partial charge in [0.1, 0.15) is 11.4 Å². The highest BCUT2D eigenvalue weighted by atomic mass is 16.2. The molecule has 7 nitrogen and oxygen atoms in total. The lowest BCUT2D eigenvalue weighted by Gasteiger charge is -2.16. The van der Waals surface area contributed by atoms with Crippen molar-refractivity contribution in [1.82, 2.24) is 15.6 Å². The molecule has 0 spiro atoms. The molecule has 1 fully saturated rings. The second-order valence-corrected chi connectivity index (χ2v) is 7.03. The maximum absolute atomic E-state index is 12.4. The fourth-order valence-corrected chi connectivity index (χ4v) is 3.01. The molecule has 0 saturated carbocycles. The number of hydrogen-bond donors (Lipinski definition) is 2. The molecule has 146 valence electrons. The highest BCUT2D eigenvalue weighted by Crippen LogP contribution is 2.21. The normalized spacial score (nSPS) is 13.7. The van der Waals surface area contributed by atoms with E-state index in [0.29, 0.717) is 13.0 Å². The molecular weight excluding hydrogens is 356 g/mol. The Morgan fingerprint density at radius 2 is 1.75 bits per heavy atom. The largest absolute Gasteiger partial charge is 0.349 e. The Hall–Kier alpha value is -3.22. The van der Waals surface area contributed by atoms with Crippen molar-refractivity contribution in [3.63, 3.8) is 0 Å².